The Morgan fingerprint density at radius 3 is 2.74 bits per heavy atom. The van der Waals surface area contributed by atoms with Crippen molar-refractivity contribution in [3.63, 3.8) is 0 Å². The summed E-state index contributed by atoms with van der Waals surface area (Å²) in [4.78, 5) is 22.7. The van der Waals surface area contributed by atoms with Crippen molar-refractivity contribution < 1.29 is 14.0 Å². The fraction of sp³-hybridized carbons (Fsp3) is 0.286. The Labute approximate surface area is 111 Å². The second kappa shape index (κ2) is 7.31. The quantitative estimate of drug-likeness (QED) is 0.791. The Morgan fingerprint density at radius 2 is 2.11 bits per heavy atom. The van der Waals surface area contributed by atoms with Gasteiger partial charge in [-0.05, 0) is 37.6 Å². The topological polar surface area (TPSA) is 58.2 Å². The van der Waals surface area contributed by atoms with Gasteiger partial charge in [-0.2, -0.15) is 0 Å². The number of hydrogen-bond donors (Lipinski definition) is 2. The number of carbonyl (C=O) groups excluding carboxylic acids is 2. The highest BCUT2D eigenvalue weighted by Crippen LogP contribution is 2.04. The van der Waals surface area contributed by atoms with Crippen LogP contribution in [-0.4, -0.2) is 24.4 Å². The molecule has 1 aromatic rings. The normalized spacial score (nSPS) is 10.7. The first kappa shape index (κ1) is 14.9. The summed E-state index contributed by atoms with van der Waals surface area (Å²) < 4.78 is 12.9. The lowest BCUT2D eigenvalue weighted by molar-refractivity contribution is -0.124. The molecule has 0 saturated heterocycles. The molecule has 0 bridgehead atoms. The standard InChI is InChI=1S/C14H17FN2O2/c1-10(2)17-14(19)9-16-13(18)7-6-11-4-3-5-12(15)8-11/h3-8,10H,9H2,1-2H3,(H,16,18)(H,17,19)/b7-6+. The molecule has 0 aliphatic rings. The van der Waals surface area contributed by atoms with Crippen LogP contribution >= 0.6 is 0 Å². The molecule has 2 amide bonds. The zero-order valence-electron chi connectivity index (χ0n) is 10.9. The van der Waals surface area contributed by atoms with E-state index in [4.69, 9.17) is 0 Å². The highest BCUT2D eigenvalue weighted by Gasteiger charge is 2.04. The maximum atomic E-state index is 12.9. The van der Waals surface area contributed by atoms with Gasteiger partial charge in [-0.25, -0.2) is 4.39 Å². The molecule has 1 aromatic carbocycles. The van der Waals surface area contributed by atoms with Gasteiger partial charge in [0.2, 0.25) is 11.8 Å². The molecule has 0 atom stereocenters. The zero-order chi connectivity index (χ0) is 14.3. The summed E-state index contributed by atoms with van der Waals surface area (Å²) >= 11 is 0. The molecule has 0 radical (unpaired) electrons. The maximum Gasteiger partial charge on any atom is 0.244 e. The van der Waals surface area contributed by atoms with E-state index in [0.29, 0.717) is 5.56 Å². The molecule has 0 aliphatic carbocycles. The van der Waals surface area contributed by atoms with Gasteiger partial charge < -0.3 is 10.6 Å². The van der Waals surface area contributed by atoms with Gasteiger partial charge in [-0.3, -0.25) is 9.59 Å². The number of carbonyl (C=O) groups is 2. The second-order valence-electron chi connectivity index (χ2n) is 4.33. The molecule has 0 heterocycles. The summed E-state index contributed by atoms with van der Waals surface area (Å²) in [6.07, 6.45) is 2.75. The molecule has 0 fully saturated rings. The third kappa shape index (κ3) is 6.35. The van der Waals surface area contributed by atoms with E-state index in [2.05, 4.69) is 10.6 Å². The van der Waals surface area contributed by atoms with E-state index in [9.17, 15) is 14.0 Å². The van der Waals surface area contributed by atoms with Gasteiger partial charge in [0.25, 0.3) is 0 Å². The molecule has 0 unspecified atom stereocenters. The first-order valence-corrected chi connectivity index (χ1v) is 5.98. The van der Waals surface area contributed by atoms with Crippen LogP contribution in [0, 0.1) is 5.82 Å². The number of hydrogen-bond acceptors (Lipinski definition) is 2. The summed E-state index contributed by atoms with van der Waals surface area (Å²) in [6.45, 7) is 3.59. The first-order valence-electron chi connectivity index (χ1n) is 5.98. The Balaban J connectivity index is 2.41. The summed E-state index contributed by atoms with van der Waals surface area (Å²) in [7, 11) is 0. The zero-order valence-corrected chi connectivity index (χ0v) is 10.9. The SMILES string of the molecule is CC(C)NC(=O)CNC(=O)/C=C/c1cccc(F)c1. The van der Waals surface area contributed by atoms with Crippen molar-refractivity contribution in [2.24, 2.45) is 0 Å². The first-order chi connectivity index (χ1) is 8.97. The minimum atomic E-state index is -0.400. The van der Waals surface area contributed by atoms with E-state index in [1.54, 1.807) is 12.1 Å². The van der Waals surface area contributed by atoms with Crippen LogP contribution in [0.15, 0.2) is 30.3 Å². The Bertz CT molecular complexity index is 484. The van der Waals surface area contributed by atoms with E-state index in [0.717, 1.165) is 0 Å². The lowest BCUT2D eigenvalue weighted by Crippen LogP contribution is -2.39. The fourth-order valence-electron chi connectivity index (χ4n) is 1.38. The number of rotatable bonds is 5. The van der Waals surface area contributed by atoms with E-state index < -0.39 is 5.91 Å². The van der Waals surface area contributed by atoms with E-state index >= 15 is 0 Å². The van der Waals surface area contributed by atoms with Gasteiger partial charge in [-0.15, -0.1) is 0 Å². The van der Waals surface area contributed by atoms with Crippen molar-refractivity contribution in [2.75, 3.05) is 6.54 Å². The van der Waals surface area contributed by atoms with Crippen LogP contribution < -0.4 is 10.6 Å². The minimum absolute atomic E-state index is 0.0345. The predicted octanol–water partition coefficient (Wildman–Crippen LogP) is 1.48. The summed E-state index contributed by atoms with van der Waals surface area (Å²) in [5.41, 5.74) is 0.585. The van der Waals surface area contributed by atoms with Crippen LogP contribution in [-0.2, 0) is 9.59 Å². The van der Waals surface area contributed by atoms with Crippen LogP contribution in [0.25, 0.3) is 6.08 Å². The molecule has 19 heavy (non-hydrogen) atoms. The number of nitrogens with one attached hydrogen (secondary N) is 2. The summed E-state index contributed by atoms with van der Waals surface area (Å²) in [5, 5.41) is 5.09. The van der Waals surface area contributed by atoms with E-state index in [1.165, 1.54) is 24.3 Å². The average Bonchev–Trinajstić information content (AvgIpc) is 2.33. The van der Waals surface area contributed by atoms with Crippen LogP contribution in [0.3, 0.4) is 0 Å². The third-order valence-corrected chi connectivity index (χ3v) is 2.15. The maximum absolute atomic E-state index is 12.9. The molecular formula is C14H17FN2O2. The fourth-order valence-corrected chi connectivity index (χ4v) is 1.38. The lowest BCUT2D eigenvalue weighted by atomic mass is 10.2. The summed E-state index contributed by atoms with van der Waals surface area (Å²) in [5.74, 6) is -1.01. The van der Waals surface area contributed by atoms with Gasteiger partial charge in [0.15, 0.2) is 0 Å². The smallest absolute Gasteiger partial charge is 0.244 e. The van der Waals surface area contributed by atoms with Crippen molar-refractivity contribution in [2.45, 2.75) is 19.9 Å². The van der Waals surface area contributed by atoms with Crippen LogP contribution in [0.4, 0.5) is 4.39 Å². The van der Waals surface area contributed by atoms with Crippen LogP contribution in [0.5, 0.6) is 0 Å². The molecule has 0 spiro atoms. The molecule has 0 aliphatic heterocycles. The van der Waals surface area contributed by atoms with E-state index in [1.807, 2.05) is 13.8 Å². The summed E-state index contributed by atoms with van der Waals surface area (Å²) in [6, 6.07) is 5.91. The number of halogens is 1. The second-order valence-corrected chi connectivity index (χ2v) is 4.33. The molecule has 2 N–H and O–H groups in total. The van der Waals surface area contributed by atoms with Gasteiger partial charge in [0.05, 0.1) is 6.54 Å². The molecule has 4 nitrogen and oxygen atoms in total. The largest absolute Gasteiger partial charge is 0.352 e. The Kier molecular flexibility index (Phi) is 5.73. The molecule has 5 heteroatoms. The van der Waals surface area contributed by atoms with Crippen molar-refractivity contribution >= 4 is 17.9 Å². The molecule has 102 valence electrons. The molecule has 0 aromatic heterocycles. The van der Waals surface area contributed by atoms with Crippen molar-refractivity contribution in [3.8, 4) is 0 Å². The Hall–Kier alpha value is -2.17. The highest BCUT2D eigenvalue weighted by atomic mass is 19.1. The van der Waals surface area contributed by atoms with Gasteiger partial charge in [0, 0.05) is 12.1 Å². The van der Waals surface area contributed by atoms with Crippen LogP contribution in [0.2, 0.25) is 0 Å². The predicted molar refractivity (Wildman–Crippen MR) is 71.7 cm³/mol. The molecule has 0 saturated carbocycles. The average molecular weight is 264 g/mol. The number of amides is 2. The monoisotopic (exact) mass is 264 g/mol. The van der Waals surface area contributed by atoms with Crippen molar-refractivity contribution in [1.82, 2.24) is 10.6 Å². The van der Waals surface area contributed by atoms with Crippen molar-refractivity contribution in [3.05, 3.63) is 41.7 Å². The molecular weight excluding hydrogens is 247 g/mol. The van der Waals surface area contributed by atoms with Crippen LogP contribution in [0.1, 0.15) is 19.4 Å². The van der Waals surface area contributed by atoms with Gasteiger partial charge in [-0.1, -0.05) is 12.1 Å². The minimum Gasteiger partial charge on any atom is -0.352 e. The van der Waals surface area contributed by atoms with Crippen molar-refractivity contribution in [1.29, 1.82) is 0 Å². The third-order valence-electron chi connectivity index (χ3n) is 2.15. The van der Waals surface area contributed by atoms with Gasteiger partial charge in [0.1, 0.15) is 5.82 Å². The highest BCUT2D eigenvalue weighted by molar-refractivity contribution is 5.94. The lowest BCUT2D eigenvalue weighted by Gasteiger charge is -2.07. The Morgan fingerprint density at radius 1 is 1.37 bits per heavy atom. The van der Waals surface area contributed by atoms with E-state index in [-0.39, 0.29) is 24.3 Å². The number of benzene rings is 1. The van der Waals surface area contributed by atoms with Gasteiger partial charge >= 0.3 is 0 Å². The molecule has 1 rings (SSSR count).